The summed E-state index contributed by atoms with van der Waals surface area (Å²) < 4.78 is 0. The molecule has 0 aromatic heterocycles. The van der Waals surface area contributed by atoms with E-state index in [2.05, 4.69) is 236 Å². The standard InChI is InChI=1S/C62H51N/c1-44-17-16-28-59-61(44)58-42-41-55(43-60(58)62(59,51-22-10-4-11-23-51)52-24-12-5-13-25-52)63(53-37-33-48(34-38-53)47-31-29-46(30-32-47)45-18-6-2-7-19-45)54-39-35-50(36-40-54)57-27-15-14-26-56(57)49-20-8-3-9-21-49/h3-5,8-17,20-43,45H,2,6-7,18-19H2,1H3. The van der Waals surface area contributed by atoms with E-state index >= 15 is 0 Å². The van der Waals surface area contributed by atoms with Crippen molar-refractivity contribution in [2.24, 2.45) is 0 Å². The molecule has 0 bridgehead atoms. The fourth-order valence-electron chi connectivity index (χ4n) is 10.9. The van der Waals surface area contributed by atoms with Crippen LogP contribution in [0.2, 0.25) is 0 Å². The van der Waals surface area contributed by atoms with Gasteiger partial charge in [0, 0.05) is 17.1 Å². The Hall–Kier alpha value is -7.22. The van der Waals surface area contributed by atoms with Crippen molar-refractivity contribution in [2.45, 2.75) is 50.4 Å². The van der Waals surface area contributed by atoms with Crippen LogP contribution >= 0.6 is 0 Å². The van der Waals surface area contributed by atoms with Crippen LogP contribution in [-0.2, 0) is 5.41 Å². The molecule has 11 rings (SSSR count). The van der Waals surface area contributed by atoms with Crippen LogP contribution in [0.25, 0.3) is 44.5 Å². The van der Waals surface area contributed by atoms with E-state index in [0.717, 1.165) is 17.1 Å². The number of anilines is 3. The second-order valence-corrected chi connectivity index (χ2v) is 17.5. The Kier molecular flexibility index (Phi) is 10.2. The highest BCUT2D eigenvalue weighted by Gasteiger charge is 2.46. The molecule has 0 aliphatic heterocycles. The van der Waals surface area contributed by atoms with Crippen molar-refractivity contribution in [1.29, 1.82) is 0 Å². The summed E-state index contributed by atoms with van der Waals surface area (Å²) in [6.07, 6.45) is 6.71. The molecule has 1 nitrogen and oxygen atoms in total. The van der Waals surface area contributed by atoms with Gasteiger partial charge in [-0.25, -0.2) is 0 Å². The van der Waals surface area contributed by atoms with E-state index in [1.54, 1.807) is 0 Å². The fourth-order valence-corrected chi connectivity index (χ4v) is 10.9. The highest BCUT2D eigenvalue weighted by atomic mass is 15.1. The highest BCUT2D eigenvalue weighted by Crippen LogP contribution is 2.58. The Labute approximate surface area is 373 Å². The zero-order valence-corrected chi connectivity index (χ0v) is 35.9. The first-order chi connectivity index (χ1) is 31.2. The Balaban J connectivity index is 1.06. The first kappa shape index (κ1) is 38.7. The van der Waals surface area contributed by atoms with Gasteiger partial charge >= 0.3 is 0 Å². The maximum absolute atomic E-state index is 2.48. The molecule has 9 aromatic rings. The minimum absolute atomic E-state index is 0.500. The van der Waals surface area contributed by atoms with Crippen LogP contribution in [0.3, 0.4) is 0 Å². The maximum Gasteiger partial charge on any atom is 0.0714 e. The van der Waals surface area contributed by atoms with Crippen molar-refractivity contribution in [3.8, 4) is 44.5 Å². The molecule has 9 aromatic carbocycles. The van der Waals surface area contributed by atoms with Crippen LogP contribution in [0.15, 0.2) is 224 Å². The van der Waals surface area contributed by atoms with Crippen LogP contribution in [0.1, 0.15) is 71.4 Å². The number of fused-ring (bicyclic) bond motifs is 3. The quantitative estimate of drug-likeness (QED) is 0.140. The zero-order chi connectivity index (χ0) is 42.2. The fraction of sp³-hybridized carbons (Fsp3) is 0.129. The zero-order valence-electron chi connectivity index (χ0n) is 35.9. The minimum Gasteiger partial charge on any atom is -0.310 e. The number of nitrogens with zero attached hydrogens (tertiary/aromatic N) is 1. The summed E-state index contributed by atoms with van der Waals surface area (Å²) in [5, 5.41) is 0. The third kappa shape index (κ3) is 6.89. The average molecular weight is 810 g/mol. The Morgan fingerprint density at radius 2 is 0.873 bits per heavy atom. The molecule has 1 heteroatoms. The molecule has 0 atom stereocenters. The molecule has 0 heterocycles. The molecule has 0 saturated heterocycles. The summed E-state index contributed by atoms with van der Waals surface area (Å²) in [6, 6.07) is 83.5. The molecule has 304 valence electrons. The van der Waals surface area contributed by atoms with Crippen LogP contribution in [0.4, 0.5) is 17.1 Å². The van der Waals surface area contributed by atoms with E-state index in [1.165, 1.54) is 110 Å². The van der Waals surface area contributed by atoms with Crippen LogP contribution in [0.5, 0.6) is 0 Å². The molecule has 0 unspecified atom stereocenters. The van der Waals surface area contributed by atoms with Gasteiger partial charge in [0.05, 0.1) is 5.41 Å². The van der Waals surface area contributed by atoms with Crippen molar-refractivity contribution in [3.63, 3.8) is 0 Å². The first-order valence-electron chi connectivity index (χ1n) is 22.8. The van der Waals surface area contributed by atoms with E-state index < -0.39 is 5.41 Å². The molecule has 0 spiro atoms. The normalized spacial score (nSPS) is 14.2. The second-order valence-electron chi connectivity index (χ2n) is 17.5. The Morgan fingerprint density at radius 3 is 1.46 bits per heavy atom. The molecular weight excluding hydrogens is 759 g/mol. The molecule has 63 heavy (non-hydrogen) atoms. The summed E-state index contributed by atoms with van der Waals surface area (Å²) in [4.78, 5) is 2.44. The number of hydrogen-bond donors (Lipinski definition) is 0. The smallest absolute Gasteiger partial charge is 0.0714 e. The number of rotatable bonds is 9. The van der Waals surface area contributed by atoms with Crippen LogP contribution in [-0.4, -0.2) is 0 Å². The Morgan fingerprint density at radius 1 is 0.381 bits per heavy atom. The van der Waals surface area contributed by atoms with Gasteiger partial charge in [0.1, 0.15) is 0 Å². The third-order valence-electron chi connectivity index (χ3n) is 13.9. The van der Waals surface area contributed by atoms with E-state index in [0.29, 0.717) is 5.92 Å². The molecule has 1 fully saturated rings. The molecule has 1 saturated carbocycles. The summed E-state index contributed by atoms with van der Waals surface area (Å²) in [5.74, 6) is 0.702. The van der Waals surface area contributed by atoms with Gasteiger partial charge in [0.25, 0.3) is 0 Å². The van der Waals surface area contributed by atoms with Crippen molar-refractivity contribution in [3.05, 3.63) is 258 Å². The second kappa shape index (κ2) is 16.6. The lowest BCUT2D eigenvalue weighted by molar-refractivity contribution is 0.443. The average Bonchev–Trinajstić information content (AvgIpc) is 3.67. The van der Waals surface area contributed by atoms with E-state index in [-0.39, 0.29) is 0 Å². The van der Waals surface area contributed by atoms with Crippen molar-refractivity contribution < 1.29 is 0 Å². The lowest BCUT2D eigenvalue weighted by atomic mass is 9.67. The number of benzene rings is 9. The van der Waals surface area contributed by atoms with E-state index in [1.807, 2.05) is 0 Å². The highest BCUT2D eigenvalue weighted by molar-refractivity contribution is 5.91. The molecule has 0 amide bonds. The predicted octanol–water partition coefficient (Wildman–Crippen LogP) is 16.9. The first-order valence-corrected chi connectivity index (χ1v) is 22.8. The molecule has 0 radical (unpaired) electrons. The summed E-state index contributed by atoms with van der Waals surface area (Å²) in [7, 11) is 0. The molecule has 2 aliphatic rings. The summed E-state index contributed by atoms with van der Waals surface area (Å²) >= 11 is 0. The van der Waals surface area contributed by atoms with Crippen molar-refractivity contribution >= 4 is 17.1 Å². The van der Waals surface area contributed by atoms with Crippen LogP contribution < -0.4 is 4.90 Å². The molecule has 0 N–H and O–H groups in total. The van der Waals surface area contributed by atoms with Crippen molar-refractivity contribution in [2.75, 3.05) is 4.90 Å². The monoisotopic (exact) mass is 809 g/mol. The van der Waals surface area contributed by atoms with Gasteiger partial charge < -0.3 is 4.90 Å². The lowest BCUT2D eigenvalue weighted by Gasteiger charge is -2.35. The SMILES string of the molecule is Cc1cccc2c1-c1ccc(N(c3ccc(-c4ccc(C5CCCCC5)cc4)cc3)c3ccc(-c4ccccc4-c4ccccc4)cc3)cc1C2(c1ccccc1)c1ccccc1. The minimum atomic E-state index is -0.500. The van der Waals surface area contributed by atoms with Gasteiger partial charge in [0.15, 0.2) is 0 Å². The van der Waals surface area contributed by atoms with E-state index in [4.69, 9.17) is 0 Å². The van der Waals surface area contributed by atoms with Gasteiger partial charge in [-0.05, 0) is 140 Å². The van der Waals surface area contributed by atoms with E-state index in [9.17, 15) is 0 Å². The molecule has 2 aliphatic carbocycles. The van der Waals surface area contributed by atoms with Crippen LogP contribution in [0, 0.1) is 6.92 Å². The number of hydrogen-bond acceptors (Lipinski definition) is 1. The maximum atomic E-state index is 2.48. The van der Waals surface area contributed by atoms with Gasteiger partial charge in [0.2, 0.25) is 0 Å². The largest absolute Gasteiger partial charge is 0.310 e. The summed E-state index contributed by atoms with van der Waals surface area (Å²) in [5.41, 5.74) is 20.8. The van der Waals surface area contributed by atoms with Crippen molar-refractivity contribution in [1.82, 2.24) is 0 Å². The number of aryl methyl sites for hydroxylation is 1. The van der Waals surface area contributed by atoms with Gasteiger partial charge in [-0.1, -0.05) is 207 Å². The summed E-state index contributed by atoms with van der Waals surface area (Å²) in [6.45, 7) is 2.26. The van der Waals surface area contributed by atoms with Gasteiger partial charge in [-0.2, -0.15) is 0 Å². The molecular formula is C62H51N. The Bertz CT molecular complexity index is 2960. The van der Waals surface area contributed by atoms with Gasteiger partial charge in [-0.3, -0.25) is 0 Å². The topological polar surface area (TPSA) is 3.24 Å². The third-order valence-corrected chi connectivity index (χ3v) is 13.9. The van der Waals surface area contributed by atoms with Gasteiger partial charge in [-0.15, -0.1) is 0 Å². The lowest BCUT2D eigenvalue weighted by Crippen LogP contribution is -2.28. The predicted molar refractivity (Wildman–Crippen MR) is 265 cm³/mol.